The minimum absolute atomic E-state index is 0.108. The summed E-state index contributed by atoms with van der Waals surface area (Å²) in [5, 5.41) is 41.7. The number of hydrogen-bond acceptors (Lipinski definition) is 16. The summed E-state index contributed by atoms with van der Waals surface area (Å²) < 4.78 is 0. The third kappa shape index (κ3) is 81.5. The van der Waals surface area contributed by atoms with Crippen LogP contribution in [0.15, 0.2) is 0 Å². The Kier molecular flexibility index (Phi) is 91.5. The fourth-order valence-electron chi connectivity index (χ4n) is 17.1. The van der Waals surface area contributed by atoms with Crippen LogP contribution in [0.1, 0.15) is 424 Å². The second kappa shape index (κ2) is 97.1. The fraction of sp³-hybridized carbons (Fsp3) is 0.856. The molecule has 0 heterocycles. The first kappa shape index (κ1) is 135. The Hall–Kier alpha value is -8.31. The Bertz CT molecular complexity index is 3270. The number of amides is 15. The molecule has 0 radical (unpaired) electrons. The summed E-state index contributed by atoms with van der Waals surface area (Å²) in [4.78, 5) is 195. The van der Waals surface area contributed by atoms with Crippen molar-refractivity contribution >= 4 is 88.6 Å². The van der Waals surface area contributed by atoms with Crippen molar-refractivity contribution in [3.8, 4) is 0 Å². The van der Waals surface area contributed by atoms with Crippen LogP contribution in [0.25, 0.3) is 0 Å². The number of carbonyl (C=O) groups excluding carboxylic acids is 15. The molecule has 0 saturated heterocycles. The van der Waals surface area contributed by atoms with E-state index >= 15 is 0 Å². The second-order valence-electron chi connectivity index (χ2n) is 39.3. The molecule has 0 bridgehead atoms. The third-order valence-electron chi connectivity index (χ3n) is 26.0. The van der Waals surface area contributed by atoms with E-state index in [1.54, 1.807) is 0 Å². The monoisotopic (exact) mass is 2040 g/mol. The van der Waals surface area contributed by atoms with E-state index in [1.807, 2.05) is 0 Å². The van der Waals surface area contributed by atoms with Gasteiger partial charge in [-0.2, -0.15) is 0 Å². The van der Waals surface area contributed by atoms with E-state index in [9.17, 15) is 71.9 Å². The molecule has 15 amide bonds. The topological polar surface area (TPSA) is 698 Å². The van der Waals surface area contributed by atoms with Crippen molar-refractivity contribution in [1.82, 2.24) is 74.4 Å². The Morgan fingerprint density at radius 3 is 0.455 bits per heavy atom. The van der Waals surface area contributed by atoms with Gasteiger partial charge in [0.15, 0.2) is 0 Å². The van der Waals surface area contributed by atoms with Gasteiger partial charge in [0.1, 0.15) is 42.3 Å². The predicted octanol–water partition coefficient (Wildman–Crippen LogP) is 0.688. The van der Waals surface area contributed by atoms with Gasteiger partial charge in [0.25, 0.3) is 0 Å². The summed E-state index contributed by atoms with van der Waals surface area (Å²) in [5.41, 5.74) is 42.7. The number of quaternary nitrogens is 8. The van der Waals surface area contributed by atoms with Crippen molar-refractivity contribution < 1.29 is 118 Å². The van der Waals surface area contributed by atoms with Gasteiger partial charge in [-0.25, -0.2) is 0 Å². The number of nitrogens with one attached hydrogen (secondary N) is 14. The molecule has 0 saturated carbocycles. The van der Waals surface area contributed by atoms with Crippen LogP contribution in [-0.2, 0) is 71.9 Å². The van der Waals surface area contributed by atoms with Crippen LogP contribution in [0.2, 0.25) is 0 Å². The lowest BCUT2D eigenvalue weighted by Crippen LogP contribution is -2.50. The van der Waals surface area contributed by atoms with Gasteiger partial charge < -0.3 is 132 Å². The SMILES string of the molecule is NC(=O)C(CCCC[NH3+])NC(=O)CCCCCCCNC(=O)C(CCCC[NH3+])NC(=O)CCCCCCCNC(=O)C(CCCC[NH3+])NC(=O)CCCCCCCNC(=O)C(CCCC[NH3+])NC(=O)CCCCCCCNC(=O)C(CCCC[NH3+])NC(=O)CCCCCCCNC(=O)C(CCCC[NH3+])NC(=O)CCCCCCCNC(=O)C(CCCC[NH3+])NC(=O)CCCCCCCNC(=O)C(N)CCCC[NH3+]. The van der Waals surface area contributed by atoms with Crippen molar-refractivity contribution in [3.63, 3.8) is 0 Å². The smallest absolute Gasteiger partial charge is 0.242 e. The Morgan fingerprint density at radius 1 is 0.161 bits per heavy atom. The number of nitrogens with two attached hydrogens (primary N) is 2. The van der Waals surface area contributed by atoms with Crippen LogP contribution in [0.4, 0.5) is 0 Å². The van der Waals surface area contributed by atoms with Gasteiger partial charge in [0, 0.05) is 90.8 Å². The highest BCUT2D eigenvalue weighted by molar-refractivity contribution is 5.91. The molecule has 0 aromatic heterocycles. The number of primary amides is 1. The molecule has 39 nitrogen and oxygen atoms in total. The average molecular weight is 2040 g/mol. The van der Waals surface area contributed by atoms with E-state index < -0.39 is 54.2 Å². The molecule has 0 aromatic rings. The molecule has 0 spiro atoms. The molecule has 8 unspecified atom stereocenters. The summed E-state index contributed by atoms with van der Waals surface area (Å²) >= 11 is 0. The quantitative estimate of drug-likeness (QED) is 0.0373. The summed E-state index contributed by atoms with van der Waals surface area (Å²) in [5.74, 6) is -2.88. The molecule has 0 fully saturated rings. The minimum atomic E-state index is -0.654. The Morgan fingerprint density at radius 2 is 0.294 bits per heavy atom. The highest BCUT2D eigenvalue weighted by Gasteiger charge is 2.28. The minimum Gasteiger partial charge on any atom is -0.368 e. The van der Waals surface area contributed by atoms with E-state index in [0.29, 0.717) is 181 Å². The van der Waals surface area contributed by atoms with E-state index in [1.165, 1.54) is 0 Å². The van der Waals surface area contributed by atoms with Crippen LogP contribution in [0, 0.1) is 0 Å². The number of rotatable bonds is 103. The second-order valence-corrected chi connectivity index (χ2v) is 39.3. The van der Waals surface area contributed by atoms with Crippen molar-refractivity contribution in [3.05, 3.63) is 0 Å². The lowest BCUT2D eigenvalue weighted by molar-refractivity contribution is -0.368. The zero-order valence-electron chi connectivity index (χ0n) is 89.3. The van der Waals surface area contributed by atoms with E-state index in [-0.39, 0.29) is 82.7 Å². The zero-order valence-corrected chi connectivity index (χ0v) is 89.3. The van der Waals surface area contributed by atoms with Gasteiger partial charge in [0.2, 0.25) is 88.6 Å². The van der Waals surface area contributed by atoms with Crippen molar-refractivity contribution in [1.29, 1.82) is 0 Å². The molecular formula is C104H212N24O15+8. The number of unbranched alkanes of at least 4 members (excludes halogenated alkanes) is 36. The highest BCUT2D eigenvalue weighted by Crippen LogP contribution is 2.17. The van der Waals surface area contributed by atoms with Crippen molar-refractivity contribution in [2.45, 2.75) is 472 Å². The summed E-state index contributed by atoms with van der Waals surface area (Å²) in [6.07, 6.45) is 48.2. The van der Waals surface area contributed by atoms with Crippen molar-refractivity contribution in [2.75, 3.05) is 98.2 Å². The van der Waals surface area contributed by atoms with Crippen LogP contribution >= 0.6 is 0 Å². The first-order valence-electron chi connectivity index (χ1n) is 56.7. The maximum Gasteiger partial charge on any atom is 0.242 e. The zero-order chi connectivity index (χ0) is 105. The first-order chi connectivity index (χ1) is 69.3. The number of carbonyl (C=O) groups is 15. The van der Waals surface area contributed by atoms with E-state index in [4.69, 9.17) is 11.5 Å². The van der Waals surface area contributed by atoms with Crippen LogP contribution in [0.5, 0.6) is 0 Å². The predicted molar refractivity (Wildman–Crippen MR) is 559 cm³/mol. The lowest BCUT2D eigenvalue weighted by Gasteiger charge is -2.19. The van der Waals surface area contributed by atoms with Gasteiger partial charge in [-0.15, -0.1) is 0 Å². The van der Waals surface area contributed by atoms with Gasteiger partial charge in [0.05, 0.1) is 58.4 Å². The molecule has 143 heavy (non-hydrogen) atoms. The molecule has 0 rings (SSSR count). The first-order valence-corrected chi connectivity index (χ1v) is 56.7. The largest absolute Gasteiger partial charge is 0.368 e. The fourth-order valence-corrected chi connectivity index (χ4v) is 17.1. The van der Waals surface area contributed by atoms with E-state index in [2.05, 4.69) is 120 Å². The molecule has 0 aliphatic rings. The van der Waals surface area contributed by atoms with Gasteiger partial charge >= 0.3 is 0 Å². The molecule has 8 atom stereocenters. The third-order valence-corrected chi connectivity index (χ3v) is 26.0. The highest BCUT2D eigenvalue weighted by atomic mass is 16.2. The molecule has 0 aliphatic heterocycles. The Labute approximate surface area is 858 Å². The van der Waals surface area contributed by atoms with E-state index in [0.717, 1.165) is 341 Å². The summed E-state index contributed by atoms with van der Waals surface area (Å²) in [6, 6.07) is -4.88. The normalized spacial score (nSPS) is 12.9. The number of hydrogen-bond donors (Lipinski definition) is 24. The van der Waals surface area contributed by atoms with Crippen LogP contribution in [0.3, 0.4) is 0 Å². The standard InChI is InChI=1S/C104H204N24O15/c105-67-37-29-52-82(113)98(137)115-75-45-15-1-9-23-61-91(130)123-84(54-31-39-69-107)100(139)117-77-47-17-3-11-25-63-93(132)125-86(56-33-41-71-109)102(141)119-79-49-19-5-13-27-65-95(134)127-88(58-35-43-73-111)104(143)121-81-51-21-7-14-28-66-96(135)128-89(59-36-44-74-112)103(142)120-80-50-20-6-12-26-64-94(133)126-87(57-34-42-72-110)101(140)118-78-48-18-4-10-24-62-92(131)124-85(55-32-40-70-108)99(138)116-76-46-16-2-8-22-60-90(129)122-83(97(114)136)53-30-38-68-106/h82-89H,1-81,105-113H2,(H2,114,136)(H,115,137)(H,116,138)(H,117,139)(H,118,140)(H,119,141)(H,120,142)(H,121,143)(H,122,129)(H,123,130)(H,124,131)(H,125,132)(H,126,133)(H,127,134)(H,128,135)/p+8. The molecular weight excluding hydrogens is 1830 g/mol. The van der Waals surface area contributed by atoms with Gasteiger partial charge in [-0.05, 0) is 244 Å². The van der Waals surface area contributed by atoms with Crippen LogP contribution < -0.4 is 132 Å². The molecule has 0 aliphatic carbocycles. The van der Waals surface area contributed by atoms with Crippen LogP contribution in [-0.4, -0.2) is 235 Å². The summed E-state index contributed by atoms with van der Waals surface area (Å²) in [6.45, 7) is 9.52. The average Bonchev–Trinajstić information content (AvgIpc) is 0.936. The molecule has 42 N–H and O–H groups in total. The molecule has 39 heteroatoms. The van der Waals surface area contributed by atoms with Crippen molar-refractivity contribution in [2.24, 2.45) is 11.5 Å². The lowest BCUT2D eigenvalue weighted by atomic mass is 10.1. The maximum absolute atomic E-state index is 13.4. The maximum atomic E-state index is 13.4. The van der Waals surface area contributed by atoms with Gasteiger partial charge in [-0.3, -0.25) is 71.9 Å². The molecule has 830 valence electrons. The Balaban J connectivity index is 4.67. The summed E-state index contributed by atoms with van der Waals surface area (Å²) in [7, 11) is 0. The molecule has 0 aromatic carbocycles. The van der Waals surface area contributed by atoms with Gasteiger partial charge in [-0.1, -0.05) is 135 Å².